The lowest BCUT2D eigenvalue weighted by Crippen LogP contribution is -2.29. The number of carbonyl (C=O) groups is 1. The Bertz CT molecular complexity index is 814. The predicted octanol–water partition coefficient (Wildman–Crippen LogP) is 1.57. The first kappa shape index (κ1) is 14.9. The molecule has 0 aromatic carbocycles. The molecule has 9 heteroatoms. The van der Waals surface area contributed by atoms with Crippen molar-refractivity contribution in [1.82, 2.24) is 29.5 Å². The molecule has 0 aliphatic rings. The van der Waals surface area contributed by atoms with Crippen LogP contribution in [0.5, 0.6) is 0 Å². The second-order valence-electron chi connectivity index (χ2n) is 4.80. The minimum absolute atomic E-state index is 0.0428. The van der Waals surface area contributed by atoms with E-state index in [1.807, 2.05) is 33.7 Å². The average Bonchev–Trinajstić information content (AvgIpc) is 3.14. The number of hydrogen-bond acceptors (Lipinski definition) is 5. The van der Waals surface area contributed by atoms with Crippen LogP contribution in [0.1, 0.15) is 18.4 Å². The Labute approximate surface area is 136 Å². The smallest absolute Gasteiger partial charge is 0.226 e. The van der Waals surface area contributed by atoms with Gasteiger partial charge in [-0.3, -0.25) is 14.3 Å². The predicted molar refractivity (Wildman–Crippen MR) is 86.6 cm³/mol. The largest absolute Gasteiger partial charge is 0.354 e. The minimum atomic E-state index is -0.0428. The molecule has 0 unspecified atom stereocenters. The third-order valence-electron chi connectivity index (χ3n) is 3.30. The summed E-state index contributed by atoms with van der Waals surface area (Å²) in [6.07, 6.45) is 4.90. The number of aromatic amines is 1. The van der Waals surface area contributed by atoms with E-state index in [9.17, 15) is 4.79 Å². The summed E-state index contributed by atoms with van der Waals surface area (Å²) in [5.74, 6) is 0.854. The highest BCUT2D eigenvalue weighted by Gasteiger charge is 2.09. The first-order valence-corrected chi connectivity index (χ1v) is 8.28. The lowest BCUT2D eigenvalue weighted by molar-refractivity contribution is -0.120. The Morgan fingerprint density at radius 3 is 3.18 bits per heavy atom. The quantitative estimate of drug-likeness (QED) is 0.670. The summed E-state index contributed by atoms with van der Waals surface area (Å²) in [5.41, 5.74) is 0.776. The van der Waals surface area contributed by atoms with Gasteiger partial charge in [0.05, 0.1) is 12.1 Å². The van der Waals surface area contributed by atoms with E-state index in [0.717, 1.165) is 22.9 Å². The van der Waals surface area contributed by atoms with Crippen molar-refractivity contribution in [3.05, 3.63) is 34.1 Å². The minimum Gasteiger partial charge on any atom is -0.354 e. The summed E-state index contributed by atoms with van der Waals surface area (Å²) in [6, 6.07) is 0. The molecule has 3 aromatic heterocycles. The maximum absolute atomic E-state index is 12.0. The van der Waals surface area contributed by atoms with Gasteiger partial charge in [0.25, 0.3) is 0 Å². The van der Waals surface area contributed by atoms with Gasteiger partial charge >= 0.3 is 0 Å². The van der Waals surface area contributed by atoms with Crippen molar-refractivity contribution in [2.45, 2.75) is 26.3 Å². The van der Waals surface area contributed by atoms with Crippen molar-refractivity contribution < 1.29 is 4.79 Å². The zero-order valence-corrected chi connectivity index (χ0v) is 13.7. The number of fused-ring (bicyclic) bond motifs is 1. The molecule has 3 aromatic rings. The molecule has 0 bridgehead atoms. The Hall–Kier alpha value is -2.00. The van der Waals surface area contributed by atoms with E-state index in [4.69, 9.17) is 12.2 Å². The molecule has 0 fully saturated rings. The van der Waals surface area contributed by atoms with Crippen LogP contribution >= 0.6 is 23.6 Å². The maximum atomic E-state index is 12.0. The maximum Gasteiger partial charge on any atom is 0.226 e. The van der Waals surface area contributed by atoms with Gasteiger partial charge in [-0.1, -0.05) is 6.92 Å². The van der Waals surface area contributed by atoms with E-state index in [1.54, 1.807) is 11.3 Å². The molecule has 7 nitrogen and oxygen atoms in total. The SMILES string of the molecule is CCc1n[nH]c(=S)n1CCNC(=O)Cc1cn2ccsc2n1. The van der Waals surface area contributed by atoms with Crippen LogP contribution in [0.25, 0.3) is 4.96 Å². The Balaban J connectivity index is 1.53. The first-order valence-electron chi connectivity index (χ1n) is 6.99. The summed E-state index contributed by atoms with van der Waals surface area (Å²) in [4.78, 5) is 17.3. The van der Waals surface area contributed by atoms with Crippen LogP contribution in [0.3, 0.4) is 0 Å². The fourth-order valence-electron chi connectivity index (χ4n) is 2.25. The van der Waals surface area contributed by atoms with Crippen molar-refractivity contribution >= 4 is 34.4 Å². The highest BCUT2D eigenvalue weighted by atomic mass is 32.1. The van der Waals surface area contributed by atoms with E-state index in [1.165, 1.54) is 0 Å². The Kier molecular flexibility index (Phi) is 4.34. The molecule has 1 amide bonds. The zero-order chi connectivity index (χ0) is 15.5. The molecule has 0 saturated carbocycles. The van der Waals surface area contributed by atoms with Crippen molar-refractivity contribution in [3.8, 4) is 0 Å². The number of rotatable bonds is 6. The third kappa shape index (κ3) is 3.09. The number of imidazole rings is 1. The van der Waals surface area contributed by atoms with E-state index in [-0.39, 0.29) is 12.3 Å². The van der Waals surface area contributed by atoms with Crippen LogP contribution in [0.4, 0.5) is 0 Å². The molecule has 0 radical (unpaired) electrons. The summed E-state index contributed by atoms with van der Waals surface area (Å²) >= 11 is 6.72. The lowest BCUT2D eigenvalue weighted by atomic mass is 10.3. The van der Waals surface area contributed by atoms with Crippen molar-refractivity contribution in [1.29, 1.82) is 0 Å². The molecule has 22 heavy (non-hydrogen) atoms. The number of thiazole rings is 1. The van der Waals surface area contributed by atoms with Crippen molar-refractivity contribution in [2.75, 3.05) is 6.54 Å². The molecular weight excluding hydrogens is 320 g/mol. The van der Waals surface area contributed by atoms with Gasteiger partial charge in [-0.15, -0.1) is 11.3 Å². The van der Waals surface area contributed by atoms with Gasteiger partial charge in [-0.25, -0.2) is 4.98 Å². The fourth-order valence-corrected chi connectivity index (χ4v) is 3.21. The monoisotopic (exact) mass is 336 g/mol. The second-order valence-corrected chi connectivity index (χ2v) is 6.06. The summed E-state index contributed by atoms with van der Waals surface area (Å²) < 4.78 is 4.41. The van der Waals surface area contributed by atoms with Gasteiger partial charge in [-0.05, 0) is 12.2 Å². The first-order chi connectivity index (χ1) is 10.7. The number of aryl methyl sites for hydroxylation is 1. The Morgan fingerprint density at radius 1 is 1.55 bits per heavy atom. The highest BCUT2D eigenvalue weighted by Crippen LogP contribution is 2.11. The molecule has 0 atom stereocenters. The standard InChI is InChI=1S/C13H16N6OS2/c1-2-10-16-17-12(21)19(10)4-3-14-11(20)7-9-8-18-5-6-22-13(18)15-9/h5-6,8H,2-4,7H2,1H3,(H,14,20)(H,17,21). The van der Waals surface area contributed by atoms with Gasteiger partial charge in [0.2, 0.25) is 5.91 Å². The summed E-state index contributed by atoms with van der Waals surface area (Å²) in [5, 5.41) is 11.8. The molecule has 116 valence electrons. The zero-order valence-electron chi connectivity index (χ0n) is 12.1. The number of hydrogen-bond donors (Lipinski definition) is 2. The third-order valence-corrected chi connectivity index (χ3v) is 4.38. The van der Waals surface area contributed by atoms with E-state index in [0.29, 0.717) is 17.9 Å². The highest BCUT2D eigenvalue weighted by molar-refractivity contribution is 7.71. The number of nitrogens with zero attached hydrogens (tertiary/aromatic N) is 4. The Morgan fingerprint density at radius 2 is 2.41 bits per heavy atom. The van der Waals surface area contributed by atoms with E-state index in [2.05, 4.69) is 20.5 Å². The average molecular weight is 336 g/mol. The molecular formula is C13H16N6OS2. The summed E-state index contributed by atoms with van der Waals surface area (Å²) in [6.45, 7) is 3.15. The van der Waals surface area contributed by atoms with E-state index >= 15 is 0 Å². The molecule has 3 heterocycles. The molecule has 0 aliphatic heterocycles. The normalized spacial score (nSPS) is 11.1. The van der Waals surface area contributed by atoms with Gasteiger partial charge in [0, 0.05) is 37.3 Å². The number of nitrogens with one attached hydrogen (secondary N) is 2. The van der Waals surface area contributed by atoms with Gasteiger partial charge in [-0.2, -0.15) is 5.10 Å². The van der Waals surface area contributed by atoms with Crippen molar-refractivity contribution in [2.24, 2.45) is 0 Å². The molecule has 0 spiro atoms. The van der Waals surface area contributed by atoms with Crippen LogP contribution in [0.2, 0.25) is 0 Å². The van der Waals surface area contributed by atoms with Crippen LogP contribution in [0.15, 0.2) is 17.8 Å². The molecule has 0 aliphatic carbocycles. The second kappa shape index (κ2) is 6.41. The summed E-state index contributed by atoms with van der Waals surface area (Å²) in [7, 11) is 0. The number of H-pyrrole nitrogens is 1. The number of carbonyl (C=O) groups excluding carboxylic acids is 1. The van der Waals surface area contributed by atoms with Gasteiger partial charge < -0.3 is 9.88 Å². The van der Waals surface area contributed by atoms with Gasteiger partial charge in [0.1, 0.15) is 5.82 Å². The van der Waals surface area contributed by atoms with Gasteiger partial charge in [0.15, 0.2) is 9.73 Å². The van der Waals surface area contributed by atoms with Crippen LogP contribution in [-0.2, 0) is 24.2 Å². The topological polar surface area (TPSA) is 80.0 Å². The van der Waals surface area contributed by atoms with Crippen LogP contribution < -0.4 is 5.32 Å². The lowest BCUT2D eigenvalue weighted by Gasteiger charge is -2.06. The molecule has 3 rings (SSSR count). The number of aromatic nitrogens is 5. The molecule has 2 N–H and O–H groups in total. The van der Waals surface area contributed by atoms with Crippen LogP contribution in [0, 0.1) is 4.77 Å². The fraction of sp³-hybridized carbons (Fsp3) is 0.385. The van der Waals surface area contributed by atoms with Crippen LogP contribution in [-0.4, -0.2) is 36.6 Å². The molecule has 0 saturated heterocycles. The van der Waals surface area contributed by atoms with E-state index < -0.39 is 0 Å². The number of amides is 1. The van der Waals surface area contributed by atoms with Crippen molar-refractivity contribution in [3.63, 3.8) is 0 Å².